The van der Waals surface area contributed by atoms with Gasteiger partial charge in [0.2, 0.25) is 0 Å². The smallest absolute Gasteiger partial charge is 0.174 e. The minimum atomic E-state index is 0.596. The van der Waals surface area contributed by atoms with Crippen molar-refractivity contribution in [1.29, 1.82) is 0 Å². The van der Waals surface area contributed by atoms with Gasteiger partial charge in [-0.25, -0.2) is 0 Å². The molecule has 0 fully saturated rings. The van der Waals surface area contributed by atoms with Gasteiger partial charge in [0, 0.05) is 16.2 Å². The Morgan fingerprint density at radius 2 is 2.14 bits per heavy atom. The quantitative estimate of drug-likeness (QED) is 0.759. The lowest BCUT2D eigenvalue weighted by Gasteiger charge is -2.00. The molecule has 0 bridgehead atoms. The van der Waals surface area contributed by atoms with E-state index in [4.69, 9.17) is 23.8 Å². The van der Waals surface area contributed by atoms with Crippen LogP contribution in [0.2, 0.25) is 5.02 Å². The molecule has 0 saturated carbocycles. The molecular formula is C9H6BrClN2S. The van der Waals surface area contributed by atoms with Crippen molar-refractivity contribution in [3.8, 4) is 11.3 Å². The lowest BCUT2D eigenvalue weighted by molar-refractivity contribution is 1.27. The van der Waals surface area contributed by atoms with Crippen molar-refractivity contribution in [3.63, 3.8) is 0 Å². The van der Waals surface area contributed by atoms with Gasteiger partial charge in [-0.3, -0.25) is 0 Å². The molecule has 2 N–H and O–H groups in total. The fourth-order valence-corrected chi connectivity index (χ4v) is 2.13. The number of aromatic amines is 2. The first kappa shape index (κ1) is 9.96. The minimum absolute atomic E-state index is 0.596. The molecule has 72 valence electrons. The zero-order chi connectivity index (χ0) is 10.1. The largest absolute Gasteiger partial charge is 0.337 e. The van der Waals surface area contributed by atoms with E-state index >= 15 is 0 Å². The zero-order valence-corrected chi connectivity index (χ0v) is 10.1. The highest BCUT2D eigenvalue weighted by atomic mass is 79.9. The van der Waals surface area contributed by atoms with E-state index in [1.807, 2.05) is 18.2 Å². The van der Waals surface area contributed by atoms with Gasteiger partial charge in [0.05, 0.1) is 10.7 Å². The highest BCUT2D eigenvalue weighted by Crippen LogP contribution is 2.28. The molecule has 1 aromatic heterocycles. The van der Waals surface area contributed by atoms with E-state index in [1.54, 1.807) is 6.20 Å². The SMILES string of the molecule is S=c1[nH]cc(-c2ccc(Br)cc2Cl)[nH]1. The molecule has 0 unspecified atom stereocenters. The van der Waals surface area contributed by atoms with Crippen molar-refractivity contribution < 1.29 is 0 Å². The Bertz CT molecular complexity index is 518. The maximum atomic E-state index is 6.08. The van der Waals surface area contributed by atoms with Crippen LogP contribution in [0.15, 0.2) is 28.9 Å². The van der Waals surface area contributed by atoms with Crippen LogP contribution in [-0.4, -0.2) is 9.97 Å². The first-order valence-corrected chi connectivity index (χ1v) is 5.48. The Kier molecular flexibility index (Phi) is 2.76. The fourth-order valence-electron chi connectivity index (χ4n) is 1.19. The average Bonchev–Trinajstić information content (AvgIpc) is 2.51. The maximum absolute atomic E-state index is 6.08. The fraction of sp³-hybridized carbons (Fsp3) is 0. The molecule has 0 aliphatic heterocycles. The van der Waals surface area contributed by atoms with Crippen LogP contribution in [0.5, 0.6) is 0 Å². The second-order valence-electron chi connectivity index (χ2n) is 2.78. The summed E-state index contributed by atoms with van der Waals surface area (Å²) in [6, 6.07) is 5.72. The van der Waals surface area contributed by atoms with Crippen molar-refractivity contribution in [2.45, 2.75) is 0 Å². The van der Waals surface area contributed by atoms with Crippen molar-refractivity contribution in [2.75, 3.05) is 0 Å². The summed E-state index contributed by atoms with van der Waals surface area (Å²) < 4.78 is 1.55. The van der Waals surface area contributed by atoms with Gasteiger partial charge < -0.3 is 9.97 Å². The predicted octanol–water partition coefficient (Wildman–Crippen LogP) is 4.16. The van der Waals surface area contributed by atoms with Gasteiger partial charge in [0.15, 0.2) is 4.77 Å². The molecule has 0 radical (unpaired) electrons. The van der Waals surface area contributed by atoms with Crippen molar-refractivity contribution in [1.82, 2.24) is 9.97 Å². The first-order valence-electron chi connectivity index (χ1n) is 3.90. The highest BCUT2D eigenvalue weighted by molar-refractivity contribution is 9.10. The van der Waals surface area contributed by atoms with Gasteiger partial charge in [0.25, 0.3) is 0 Å². The molecular weight excluding hydrogens is 284 g/mol. The summed E-state index contributed by atoms with van der Waals surface area (Å²) in [6.07, 6.45) is 1.80. The third-order valence-corrected chi connectivity index (χ3v) is 2.84. The highest BCUT2D eigenvalue weighted by Gasteiger charge is 2.04. The molecule has 2 nitrogen and oxygen atoms in total. The van der Waals surface area contributed by atoms with Crippen LogP contribution >= 0.6 is 39.7 Å². The summed E-state index contributed by atoms with van der Waals surface area (Å²) in [7, 11) is 0. The minimum Gasteiger partial charge on any atom is -0.337 e. The van der Waals surface area contributed by atoms with E-state index in [-0.39, 0.29) is 0 Å². The third-order valence-electron chi connectivity index (χ3n) is 1.82. The Morgan fingerprint density at radius 3 is 2.71 bits per heavy atom. The maximum Gasteiger partial charge on any atom is 0.174 e. The van der Waals surface area contributed by atoms with Gasteiger partial charge in [-0.1, -0.05) is 33.6 Å². The molecule has 5 heteroatoms. The zero-order valence-electron chi connectivity index (χ0n) is 6.97. The topological polar surface area (TPSA) is 31.6 Å². The van der Waals surface area contributed by atoms with E-state index in [0.29, 0.717) is 9.79 Å². The first-order chi connectivity index (χ1) is 6.66. The van der Waals surface area contributed by atoms with Gasteiger partial charge >= 0.3 is 0 Å². The summed E-state index contributed by atoms with van der Waals surface area (Å²) in [5.41, 5.74) is 1.83. The Labute approximate surface area is 99.4 Å². The van der Waals surface area contributed by atoms with Crippen molar-refractivity contribution in [3.05, 3.63) is 38.7 Å². The van der Waals surface area contributed by atoms with E-state index < -0.39 is 0 Å². The molecule has 2 rings (SSSR count). The Hall–Kier alpha value is -0.580. The standard InChI is InChI=1S/C9H6BrClN2S/c10-5-1-2-6(7(11)3-5)8-4-12-9(14)13-8/h1-4H,(H2,12,13,14). The van der Waals surface area contributed by atoms with Gasteiger partial charge in [-0.05, 0) is 24.4 Å². The van der Waals surface area contributed by atoms with Crippen LogP contribution < -0.4 is 0 Å². The number of hydrogen-bond donors (Lipinski definition) is 2. The summed E-state index contributed by atoms with van der Waals surface area (Å²) in [5.74, 6) is 0. The van der Waals surface area contributed by atoms with Crippen LogP contribution in [0.1, 0.15) is 0 Å². The second kappa shape index (κ2) is 3.88. The van der Waals surface area contributed by atoms with Crippen LogP contribution in [-0.2, 0) is 0 Å². The molecule has 0 atom stereocenters. The van der Waals surface area contributed by atoms with Crippen LogP contribution in [0.25, 0.3) is 11.3 Å². The van der Waals surface area contributed by atoms with Crippen LogP contribution in [0.4, 0.5) is 0 Å². The van der Waals surface area contributed by atoms with E-state index in [9.17, 15) is 0 Å². The second-order valence-corrected chi connectivity index (χ2v) is 4.51. The molecule has 0 amide bonds. The normalized spacial score (nSPS) is 10.4. The third kappa shape index (κ3) is 1.92. The number of H-pyrrole nitrogens is 2. The molecule has 1 heterocycles. The number of aromatic nitrogens is 2. The number of imidazole rings is 1. The summed E-state index contributed by atoms with van der Waals surface area (Å²) >= 11 is 14.4. The summed E-state index contributed by atoms with van der Waals surface area (Å²) in [6.45, 7) is 0. The number of benzene rings is 1. The number of rotatable bonds is 1. The molecule has 1 aromatic carbocycles. The summed E-state index contributed by atoms with van der Waals surface area (Å²) in [5, 5.41) is 0.685. The van der Waals surface area contributed by atoms with Crippen molar-refractivity contribution >= 4 is 39.7 Å². The molecule has 0 spiro atoms. The molecule has 0 saturated heterocycles. The van der Waals surface area contributed by atoms with Crippen molar-refractivity contribution in [2.24, 2.45) is 0 Å². The molecule has 14 heavy (non-hydrogen) atoms. The van der Waals surface area contributed by atoms with Gasteiger partial charge in [-0.2, -0.15) is 0 Å². The number of nitrogens with one attached hydrogen (secondary N) is 2. The molecule has 0 aliphatic carbocycles. The van der Waals surface area contributed by atoms with Gasteiger partial charge in [0.1, 0.15) is 0 Å². The lowest BCUT2D eigenvalue weighted by Crippen LogP contribution is -1.79. The monoisotopic (exact) mass is 288 g/mol. The Morgan fingerprint density at radius 1 is 1.36 bits per heavy atom. The Balaban J connectivity index is 2.57. The van der Waals surface area contributed by atoms with Crippen LogP contribution in [0, 0.1) is 4.77 Å². The number of halogens is 2. The lowest BCUT2D eigenvalue weighted by atomic mass is 10.2. The summed E-state index contributed by atoms with van der Waals surface area (Å²) in [4.78, 5) is 5.91. The van der Waals surface area contributed by atoms with E-state index in [0.717, 1.165) is 15.7 Å². The number of hydrogen-bond acceptors (Lipinski definition) is 1. The molecule has 2 aromatic rings. The predicted molar refractivity (Wildman–Crippen MR) is 64.1 cm³/mol. The van der Waals surface area contributed by atoms with Crippen LogP contribution in [0.3, 0.4) is 0 Å². The molecule has 0 aliphatic rings. The average molecular weight is 290 g/mol. The van der Waals surface area contributed by atoms with Gasteiger partial charge in [-0.15, -0.1) is 0 Å². The van der Waals surface area contributed by atoms with E-state index in [2.05, 4.69) is 25.9 Å². The van der Waals surface area contributed by atoms with E-state index in [1.165, 1.54) is 0 Å².